The number of nitrogen functional groups attached to an aromatic ring is 1. The van der Waals surface area contributed by atoms with Gasteiger partial charge in [-0.15, -0.1) is 0 Å². The Morgan fingerprint density at radius 1 is 1.04 bits per heavy atom. The second-order valence-electron chi connectivity index (χ2n) is 6.13. The van der Waals surface area contributed by atoms with Crippen LogP contribution < -0.4 is 11.5 Å². The molecule has 2 heterocycles. The molecule has 9 heteroatoms. The Balaban J connectivity index is 1.90. The lowest BCUT2D eigenvalue weighted by atomic mass is 9.73. The smallest absolute Gasteiger partial charge is 0.223 e. The minimum absolute atomic E-state index is 0.0999. The molecule has 136 valence electrons. The van der Waals surface area contributed by atoms with E-state index in [1.54, 1.807) is 0 Å². The zero-order valence-corrected chi connectivity index (χ0v) is 14.6. The molecule has 2 atom stereocenters. The van der Waals surface area contributed by atoms with Crippen LogP contribution in [0, 0.1) is 11.3 Å². The number of hydrogen-bond acceptors (Lipinski definition) is 9. The largest absolute Gasteiger partial charge is 0.368 e. The number of nitrogens with two attached hydrogens (primary N) is 2. The third-order valence-corrected chi connectivity index (χ3v) is 4.37. The fraction of sp³-hybridized carbons (Fsp3) is 0.278. The molecule has 0 radical (unpaired) electrons. The Hall–Kier alpha value is -3.51. The highest BCUT2D eigenvalue weighted by Gasteiger charge is 2.35. The summed E-state index contributed by atoms with van der Waals surface area (Å²) in [5.74, 6) is 1.08. The average Bonchev–Trinajstić information content (AvgIpc) is 2.72. The summed E-state index contributed by atoms with van der Waals surface area (Å²) in [6.45, 7) is 0. The van der Waals surface area contributed by atoms with Crippen LogP contribution in [0.2, 0.25) is 0 Å². The van der Waals surface area contributed by atoms with Gasteiger partial charge in [-0.2, -0.15) is 10.2 Å². The van der Waals surface area contributed by atoms with Gasteiger partial charge in [0, 0.05) is 6.42 Å². The lowest BCUT2D eigenvalue weighted by Crippen LogP contribution is -2.31. The predicted molar refractivity (Wildman–Crippen MR) is 97.7 cm³/mol. The van der Waals surface area contributed by atoms with Crippen LogP contribution in [-0.2, 0) is 11.8 Å². The Bertz CT molecular complexity index is 911. The van der Waals surface area contributed by atoms with Crippen LogP contribution in [0.1, 0.15) is 36.1 Å². The lowest BCUT2D eigenvalue weighted by molar-refractivity contribution is 0.409. The zero-order valence-electron chi connectivity index (χ0n) is 14.6. The normalized spacial score (nSPS) is 14.1. The number of nitrogens with zero attached hydrogens (tertiary/aromatic N) is 7. The fourth-order valence-corrected chi connectivity index (χ4v) is 2.97. The van der Waals surface area contributed by atoms with E-state index in [4.69, 9.17) is 11.5 Å². The summed E-state index contributed by atoms with van der Waals surface area (Å²) in [6.07, 6.45) is 5.53. The molecule has 2 unspecified atom stereocenters. The third kappa shape index (κ3) is 4.37. The Morgan fingerprint density at radius 2 is 1.78 bits per heavy atom. The maximum Gasteiger partial charge on any atom is 0.223 e. The molecular weight excluding hydrogens is 342 g/mol. The van der Waals surface area contributed by atoms with Gasteiger partial charge >= 0.3 is 0 Å². The number of hydrogen-bond donors (Lipinski definition) is 2. The Morgan fingerprint density at radius 3 is 2.44 bits per heavy atom. The van der Waals surface area contributed by atoms with Gasteiger partial charge in [0.1, 0.15) is 24.8 Å². The Kier molecular flexibility index (Phi) is 5.58. The van der Waals surface area contributed by atoms with E-state index in [1.807, 2.05) is 30.3 Å². The first kappa shape index (κ1) is 18.3. The standard InChI is InChI=1S/C18H19N9/c19-9-18(13-4-2-1-3-5-13,7-6-15-23-10-22-11-24-15)8-14(20)16-25-12-26-17(21)27-16/h1-5,10-12,14H,6-8,20H2,(H2,21,25,26,27). The predicted octanol–water partition coefficient (Wildman–Crippen LogP) is 1.12. The molecule has 0 aliphatic carbocycles. The monoisotopic (exact) mass is 361 g/mol. The molecule has 0 bridgehead atoms. The molecule has 0 aliphatic heterocycles. The maximum absolute atomic E-state index is 10.1. The van der Waals surface area contributed by atoms with E-state index in [2.05, 4.69) is 36.0 Å². The summed E-state index contributed by atoms with van der Waals surface area (Å²) < 4.78 is 0. The summed E-state index contributed by atoms with van der Waals surface area (Å²) >= 11 is 0. The van der Waals surface area contributed by atoms with Crippen LogP contribution in [0.3, 0.4) is 0 Å². The first-order chi connectivity index (χ1) is 13.1. The number of aryl methyl sites for hydroxylation is 1. The highest BCUT2D eigenvalue weighted by Crippen LogP contribution is 2.36. The van der Waals surface area contributed by atoms with Crippen LogP contribution in [0.25, 0.3) is 0 Å². The van der Waals surface area contributed by atoms with E-state index in [0.29, 0.717) is 30.9 Å². The van der Waals surface area contributed by atoms with E-state index in [1.165, 1.54) is 19.0 Å². The van der Waals surface area contributed by atoms with Crippen LogP contribution in [0.5, 0.6) is 0 Å². The van der Waals surface area contributed by atoms with E-state index in [9.17, 15) is 5.26 Å². The summed E-state index contributed by atoms with van der Waals surface area (Å²) in [5.41, 5.74) is 12.0. The van der Waals surface area contributed by atoms with Crippen molar-refractivity contribution in [2.45, 2.75) is 30.7 Å². The van der Waals surface area contributed by atoms with Gasteiger partial charge in [-0.05, 0) is 18.4 Å². The first-order valence-electron chi connectivity index (χ1n) is 8.40. The first-order valence-corrected chi connectivity index (χ1v) is 8.40. The number of benzene rings is 1. The molecule has 0 saturated carbocycles. The maximum atomic E-state index is 10.1. The highest BCUT2D eigenvalue weighted by atomic mass is 15.1. The van der Waals surface area contributed by atoms with Gasteiger partial charge in [0.2, 0.25) is 5.95 Å². The number of anilines is 1. The van der Waals surface area contributed by atoms with Gasteiger partial charge in [-0.1, -0.05) is 30.3 Å². The van der Waals surface area contributed by atoms with Crippen molar-refractivity contribution in [1.29, 1.82) is 5.26 Å². The van der Waals surface area contributed by atoms with Crippen LogP contribution >= 0.6 is 0 Å². The SMILES string of the molecule is N#CC(CCc1ncncn1)(CC(N)c1ncnc(N)n1)c1ccccc1. The van der Waals surface area contributed by atoms with Crippen LogP contribution in [0.4, 0.5) is 5.95 Å². The van der Waals surface area contributed by atoms with Gasteiger partial charge in [0.15, 0.2) is 5.82 Å². The van der Waals surface area contributed by atoms with Gasteiger partial charge < -0.3 is 11.5 Å². The molecule has 0 aliphatic rings. The zero-order chi connectivity index (χ0) is 19.1. The number of rotatable bonds is 7. The molecule has 27 heavy (non-hydrogen) atoms. The van der Waals surface area contributed by atoms with Gasteiger partial charge in [-0.3, -0.25) is 0 Å². The molecule has 0 saturated heterocycles. The van der Waals surface area contributed by atoms with Crippen molar-refractivity contribution in [3.05, 3.63) is 66.5 Å². The molecule has 0 spiro atoms. The van der Waals surface area contributed by atoms with Crippen molar-refractivity contribution in [3.8, 4) is 6.07 Å². The van der Waals surface area contributed by atoms with Crippen LogP contribution in [0.15, 0.2) is 49.3 Å². The number of nitriles is 1. The van der Waals surface area contributed by atoms with Crippen LogP contribution in [-0.4, -0.2) is 29.9 Å². The topological polar surface area (TPSA) is 153 Å². The summed E-state index contributed by atoms with van der Waals surface area (Å²) in [6, 6.07) is 11.4. The summed E-state index contributed by atoms with van der Waals surface area (Å²) in [4.78, 5) is 24.1. The van der Waals surface area contributed by atoms with E-state index < -0.39 is 11.5 Å². The quantitative estimate of drug-likeness (QED) is 0.630. The molecule has 1 aromatic carbocycles. The van der Waals surface area contributed by atoms with Gasteiger partial charge in [0.25, 0.3) is 0 Å². The van der Waals surface area contributed by atoms with Gasteiger partial charge in [-0.25, -0.2) is 24.9 Å². The van der Waals surface area contributed by atoms with E-state index in [-0.39, 0.29) is 5.95 Å². The molecule has 3 rings (SSSR count). The average molecular weight is 361 g/mol. The molecule has 0 amide bonds. The summed E-state index contributed by atoms with van der Waals surface area (Å²) in [5, 5.41) is 10.1. The second-order valence-corrected chi connectivity index (χ2v) is 6.13. The van der Waals surface area contributed by atoms with Crippen molar-refractivity contribution >= 4 is 5.95 Å². The lowest BCUT2D eigenvalue weighted by Gasteiger charge is -2.29. The van der Waals surface area contributed by atoms with Crippen molar-refractivity contribution in [2.24, 2.45) is 5.73 Å². The molecule has 0 fully saturated rings. The fourth-order valence-electron chi connectivity index (χ4n) is 2.97. The molecule has 9 nitrogen and oxygen atoms in total. The van der Waals surface area contributed by atoms with Crippen molar-refractivity contribution in [1.82, 2.24) is 29.9 Å². The van der Waals surface area contributed by atoms with E-state index >= 15 is 0 Å². The minimum Gasteiger partial charge on any atom is -0.368 e. The molecule has 4 N–H and O–H groups in total. The van der Waals surface area contributed by atoms with Crippen molar-refractivity contribution < 1.29 is 0 Å². The highest BCUT2D eigenvalue weighted by molar-refractivity contribution is 5.33. The third-order valence-electron chi connectivity index (χ3n) is 4.37. The van der Waals surface area contributed by atoms with E-state index in [0.717, 1.165) is 5.56 Å². The molecular formula is C18H19N9. The number of aromatic nitrogens is 6. The molecule has 2 aromatic heterocycles. The molecule has 3 aromatic rings. The summed E-state index contributed by atoms with van der Waals surface area (Å²) in [7, 11) is 0. The minimum atomic E-state index is -0.852. The van der Waals surface area contributed by atoms with Crippen molar-refractivity contribution in [2.75, 3.05) is 5.73 Å². The van der Waals surface area contributed by atoms with Gasteiger partial charge in [0.05, 0.1) is 17.5 Å². The second kappa shape index (κ2) is 8.25. The van der Waals surface area contributed by atoms with Crippen molar-refractivity contribution in [3.63, 3.8) is 0 Å². The Labute approximate surface area is 156 Å².